The molecule has 9 heteroatoms. The van der Waals surface area contributed by atoms with Crippen LogP contribution in [-0.2, 0) is 0 Å². The fourth-order valence-electron chi connectivity index (χ4n) is 2.83. The molecule has 136 valence electrons. The number of imidazole rings is 1. The molecular weight excluding hydrogens is 423 g/mol. The maximum Gasteiger partial charge on any atom is 0.573 e. The lowest BCUT2D eigenvalue weighted by atomic mass is 10.1. The van der Waals surface area contributed by atoms with Crippen molar-refractivity contribution in [3.05, 3.63) is 53.0 Å². The van der Waals surface area contributed by atoms with Gasteiger partial charge >= 0.3 is 6.36 Å². The predicted octanol–water partition coefficient (Wildman–Crippen LogP) is 5.79. The van der Waals surface area contributed by atoms with E-state index in [4.69, 9.17) is 0 Å². The summed E-state index contributed by atoms with van der Waals surface area (Å²) in [5.74, 6) is -3.76. The molecule has 1 aromatic carbocycles. The fourth-order valence-corrected chi connectivity index (χ4v) is 3.33. The van der Waals surface area contributed by atoms with E-state index in [1.54, 1.807) is 22.7 Å². The third kappa shape index (κ3) is 3.15. The molecule has 4 rings (SSSR count). The first-order valence-corrected chi connectivity index (χ1v) is 8.35. The van der Waals surface area contributed by atoms with E-state index in [1.807, 2.05) is 0 Å². The van der Waals surface area contributed by atoms with Gasteiger partial charge in [-0.1, -0.05) is 18.2 Å². The molecule has 2 heterocycles. The van der Waals surface area contributed by atoms with Gasteiger partial charge < -0.3 is 9.14 Å². The molecule has 1 aliphatic carbocycles. The first-order valence-electron chi connectivity index (χ1n) is 7.55. The lowest BCUT2D eigenvalue weighted by Gasteiger charge is -2.10. The van der Waals surface area contributed by atoms with Gasteiger partial charge in [-0.15, -0.1) is 13.2 Å². The van der Waals surface area contributed by atoms with Crippen LogP contribution in [0.3, 0.4) is 0 Å². The van der Waals surface area contributed by atoms with Crippen LogP contribution in [0.15, 0.2) is 47.2 Å². The van der Waals surface area contributed by atoms with E-state index in [0.717, 1.165) is 0 Å². The van der Waals surface area contributed by atoms with E-state index in [2.05, 4.69) is 25.7 Å². The Morgan fingerprint density at radius 1 is 1.08 bits per heavy atom. The summed E-state index contributed by atoms with van der Waals surface area (Å²) in [6.45, 7) is 0. The van der Waals surface area contributed by atoms with Gasteiger partial charge in [-0.3, -0.25) is 0 Å². The van der Waals surface area contributed by atoms with Crippen molar-refractivity contribution in [2.45, 2.75) is 24.6 Å². The summed E-state index contributed by atoms with van der Waals surface area (Å²) in [5.41, 5.74) is 1.93. The number of aromatic nitrogens is 2. The van der Waals surface area contributed by atoms with E-state index in [-0.39, 0.29) is 18.0 Å². The van der Waals surface area contributed by atoms with E-state index in [0.29, 0.717) is 21.2 Å². The smallest absolute Gasteiger partial charge is 0.406 e. The summed E-state index contributed by atoms with van der Waals surface area (Å²) in [5, 5.41) is 0. The number of nitrogens with zero attached hydrogens (tertiary/aromatic N) is 2. The van der Waals surface area contributed by atoms with Crippen LogP contribution >= 0.6 is 15.9 Å². The molecule has 1 saturated carbocycles. The SMILES string of the molecule is FC(F)(F)Oc1ccc(-c2ccc3c(Br)nc(C4CC4(F)F)n3c2)cc1. The Morgan fingerprint density at radius 3 is 2.27 bits per heavy atom. The molecule has 0 spiro atoms. The second-order valence-electron chi connectivity index (χ2n) is 6.02. The molecule has 3 nitrogen and oxygen atoms in total. The van der Waals surface area contributed by atoms with Gasteiger partial charge in [0, 0.05) is 12.6 Å². The quantitative estimate of drug-likeness (QED) is 0.490. The molecule has 0 aliphatic heterocycles. The van der Waals surface area contributed by atoms with Crippen molar-refractivity contribution in [3.8, 4) is 16.9 Å². The zero-order chi connectivity index (χ0) is 18.7. The Bertz CT molecular complexity index is 981. The minimum absolute atomic E-state index is 0.244. The first-order chi connectivity index (χ1) is 12.1. The fraction of sp³-hybridized carbons (Fsp3) is 0.235. The number of pyridine rings is 1. The highest BCUT2D eigenvalue weighted by Gasteiger charge is 2.59. The minimum Gasteiger partial charge on any atom is -0.406 e. The Kier molecular flexibility index (Phi) is 3.76. The summed E-state index contributed by atoms with van der Waals surface area (Å²) < 4.78 is 69.5. The summed E-state index contributed by atoms with van der Waals surface area (Å²) >= 11 is 3.27. The van der Waals surface area contributed by atoms with Crippen molar-refractivity contribution < 1.29 is 26.7 Å². The number of ether oxygens (including phenoxy) is 1. The Hall–Kier alpha value is -2.16. The number of alkyl halides is 5. The molecule has 0 amide bonds. The number of halogens is 6. The average molecular weight is 433 g/mol. The van der Waals surface area contributed by atoms with Crippen LogP contribution < -0.4 is 4.74 Å². The Labute approximate surface area is 152 Å². The third-order valence-electron chi connectivity index (χ3n) is 4.18. The van der Waals surface area contributed by atoms with Gasteiger partial charge in [0.1, 0.15) is 16.2 Å². The second kappa shape index (κ2) is 5.67. The van der Waals surface area contributed by atoms with Gasteiger partial charge in [0.15, 0.2) is 0 Å². The first kappa shape index (κ1) is 17.3. The van der Waals surface area contributed by atoms with Crippen LogP contribution in [0.1, 0.15) is 18.2 Å². The number of rotatable bonds is 3. The van der Waals surface area contributed by atoms with Crippen LogP contribution in [0.2, 0.25) is 0 Å². The summed E-state index contributed by atoms with van der Waals surface area (Å²) in [6.07, 6.45) is -3.35. The standard InChI is InChI=1S/C17H10BrF5N2O/c18-14-13-6-3-10(8-25(13)15(24-14)12-7-16(12,19)20)9-1-4-11(5-2-9)26-17(21,22)23/h1-6,8,12H,7H2. The number of fused-ring (bicyclic) bond motifs is 1. The van der Waals surface area contributed by atoms with Crippen molar-refractivity contribution in [1.29, 1.82) is 0 Å². The molecule has 2 aromatic heterocycles. The van der Waals surface area contributed by atoms with Gasteiger partial charge in [0.05, 0.1) is 11.4 Å². The monoisotopic (exact) mass is 432 g/mol. The zero-order valence-electron chi connectivity index (χ0n) is 12.9. The lowest BCUT2D eigenvalue weighted by molar-refractivity contribution is -0.274. The number of hydrogen-bond donors (Lipinski definition) is 0. The second-order valence-corrected chi connectivity index (χ2v) is 6.77. The van der Waals surface area contributed by atoms with E-state index in [9.17, 15) is 22.0 Å². The normalized spacial score (nSPS) is 18.9. The van der Waals surface area contributed by atoms with Crippen LogP contribution in [-0.4, -0.2) is 21.7 Å². The topological polar surface area (TPSA) is 26.5 Å². The summed E-state index contributed by atoms with van der Waals surface area (Å²) in [6, 6.07) is 8.81. The molecule has 1 unspecified atom stereocenters. The lowest BCUT2D eigenvalue weighted by Crippen LogP contribution is -2.16. The van der Waals surface area contributed by atoms with Gasteiger partial charge in [-0.05, 0) is 45.3 Å². The highest BCUT2D eigenvalue weighted by Crippen LogP contribution is 2.55. The molecule has 0 bridgehead atoms. The average Bonchev–Trinajstić information content (AvgIpc) is 3.06. The summed E-state index contributed by atoms with van der Waals surface area (Å²) in [4.78, 5) is 4.19. The van der Waals surface area contributed by atoms with Gasteiger partial charge in [0.25, 0.3) is 5.92 Å². The van der Waals surface area contributed by atoms with Crippen molar-refractivity contribution in [2.75, 3.05) is 0 Å². The molecule has 0 saturated heterocycles. The predicted molar refractivity (Wildman–Crippen MR) is 87.3 cm³/mol. The van der Waals surface area contributed by atoms with Crippen LogP contribution in [0, 0.1) is 0 Å². The van der Waals surface area contributed by atoms with Crippen molar-refractivity contribution >= 4 is 21.4 Å². The van der Waals surface area contributed by atoms with Crippen molar-refractivity contribution in [1.82, 2.24) is 9.38 Å². The van der Waals surface area contributed by atoms with Crippen LogP contribution in [0.5, 0.6) is 5.75 Å². The number of benzene rings is 1. The largest absolute Gasteiger partial charge is 0.573 e. The molecule has 0 N–H and O–H groups in total. The van der Waals surface area contributed by atoms with Crippen LogP contribution in [0.25, 0.3) is 16.6 Å². The molecule has 3 aromatic rings. The van der Waals surface area contributed by atoms with Crippen molar-refractivity contribution in [2.24, 2.45) is 0 Å². The Balaban J connectivity index is 1.70. The number of hydrogen-bond acceptors (Lipinski definition) is 2. The van der Waals surface area contributed by atoms with E-state index < -0.39 is 18.2 Å². The third-order valence-corrected chi connectivity index (χ3v) is 4.76. The highest BCUT2D eigenvalue weighted by molar-refractivity contribution is 9.10. The van der Waals surface area contributed by atoms with E-state index in [1.165, 1.54) is 24.3 Å². The zero-order valence-corrected chi connectivity index (χ0v) is 14.5. The molecule has 0 radical (unpaired) electrons. The minimum atomic E-state index is -4.76. The Morgan fingerprint density at radius 2 is 1.69 bits per heavy atom. The van der Waals surface area contributed by atoms with Gasteiger partial charge in [-0.2, -0.15) is 0 Å². The van der Waals surface area contributed by atoms with E-state index >= 15 is 0 Å². The maximum atomic E-state index is 13.4. The molecule has 1 atom stereocenters. The van der Waals surface area contributed by atoms with Gasteiger partial charge in [0.2, 0.25) is 0 Å². The maximum absolute atomic E-state index is 13.4. The summed E-state index contributed by atoms with van der Waals surface area (Å²) in [7, 11) is 0. The molecule has 26 heavy (non-hydrogen) atoms. The molecule has 1 aliphatic rings. The highest BCUT2D eigenvalue weighted by atomic mass is 79.9. The van der Waals surface area contributed by atoms with Crippen LogP contribution in [0.4, 0.5) is 22.0 Å². The van der Waals surface area contributed by atoms with Crippen molar-refractivity contribution in [3.63, 3.8) is 0 Å². The molecular formula is C17H10BrF5N2O. The van der Waals surface area contributed by atoms with Gasteiger partial charge in [-0.25, -0.2) is 13.8 Å². The molecule has 1 fully saturated rings.